The number of nitrogens with one attached hydrogen (secondary N) is 1. The quantitative estimate of drug-likeness (QED) is 0.808. The number of hydrogen-bond acceptors (Lipinski definition) is 4. The van der Waals surface area contributed by atoms with Crippen LogP contribution in [0.2, 0.25) is 0 Å². The second-order valence-corrected chi connectivity index (χ2v) is 6.09. The van der Waals surface area contributed by atoms with Gasteiger partial charge < -0.3 is 0 Å². The summed E-state index contributed by atoms with van der Waals surface area (Å²) in [6.07, 6.45) is 5.35. The molecular weight excluding hydrogens is 293 g/mol. The molecule has 5 nitrogen and oxygen atoms in total. The topological polar surface area (TPSA) is 57.7 Å². The van der Waals surface area contributed by atoms with Gasteiger partial charge in [0.1, 0.15) is 5.82 Å². The van der Waals surface area contributed by atoms with Crippen molar-refractivity contribution >= 4 is 11.0 Å². The molecule has 0 bridgehead atoms. The Hall–Kier alpha value is -2.34. The van der Waals surface area contributed by atoms with Crippen molar-refractivity contribution in [2.45, 2.75) is 25.3 Å². The molecule has 0 amide bonds. The minimum atomic E-state index is -0.290. The normalized spacial score (nSPS) is 19.3. The molecule has 4 rings (SSSR count). The van der Waals surface area contributed by atoms with Crippen molar-refractivity contribution in [2.75, 3.05) is 13.1 Å². The lowest BCUT2D eigenvalue weighted by molar-refractivity contribution is 0.196. The van der Waals surface area contributed by atoms with Gasteiger partial charge in [-0.15, -0.1) is 0 Å². The number of halogens is 1. The summed E-state index contributed by atoms with van der Waals surface area (Å²) in [6.45, 7) is 2.75. The van der Waals surface area contributed by atoms with Gasteiger partial charge in [-0.2, -0.15) is 5.10 Å². The zero-order valence-electron chi connectivity index (χ0n) is 12.7. The van der Waals surface area contributed by atoms with E-state index in [-0.39, 0.29) is 5.82 Å². The molecule has 1 aliphatic rings. The van der Waals surface area contributed by atoms with Crippen LogP contribution in [-0.4, -0.2) is 38.2 Å². The highest BCUT2D eigenvalue weighted by Gasteiger charge is 2.23. The lowest BCUT2D eigenvalue weighted by Crippen LogP contribution is -2.34. The SMILES string of the molecule is Fc1ccc(CN2CCC[C@H](c3ccc4cn[nH]c4n3)C2)nc1. The van der Waals surface area contributed by atoms with Gasteiger partial charge in [0.05, 0.1) is 18.1 Å². The fraction of sp³-hybridized carbons (Fsp3) is 0.353. The average Bonchev–Trinajstić information content (AvgIpc) is 3.05. The summed E-state index contributed by atoms with van der Waals surface area (Å²) < 4.78 is 13.0. The smallest absolute Gasteiger partial charge is 0.155 e. The maximum Gasteiger partial charge on any atom is 0.155 e. The van der Waals surface area contributed by atoms with E-state index < -0.39 is 0 Å². The van der Waals surface area contributed by atoms with Gasteiger partial charge >= 0.3 is 0 Å². The highest BCUT2D eigenvalue weighted by atomic mass is 19.1. The lowest BCUT2D eigenvalue weighted by Gasteiger charge is -2.32. The van der Waals surface area contributed by atoms with Crippen LogP contribution in [0.4, 0.5) is 4.39 Å². The molecule has 118 valence electrons. The number of piperidine rings is 1. The van der Waals surface area contributed by atoms with E-state index in [1.54, 1.807) is 12.3 Å². The minimum absolute atomic E-state index is 0.290. The van der Waals surface area contributed by atoms with Crippen LogP contribution in [0.1, 0.15) is 30.1 Å². The Balaban J connectivity index is 1.48. The van der Waals surface area contributed by atoms with Gasteiger partial charge in [-0.1, -0.05) is 0 Å². The highest BCUT2D eigenvalue weighted by molar-refractivity contribution is 5.73. The summed E-state index contributed by atoms with van der Waals surface area (Å²) in [5.74, 6) is 0.124. The lowest BCUT2D eigenvalue weighted by atomic mass is 9.94. The second-order valence-electron chi connectivity index (χ2n) is 6.09. The summed E-state index contributed by atoms with van der Waals surface area (Å²) in [6, 6.07) is 7.40. The summed E-state index contributed by atoms with van der Waals surface area (Å²) in [4.78, 5) is 11.2. The van der Waals surface area contributed by atoms with Crippen molar-refractivity contribution in [2.24, 2.45) is 0 Å². The molecule has 1 aliphatic heterocycles. The van der Waals surface area contributed by atoms with Gasteiger partial charge in [0.25, 0.3) is 0 Å². The first-order valence-corrected chi connectivity index (χ1v) is 7.91. The fourth-order valence-electron chi connectivity index (χ4n) is 3.24. The minimum Gasteiger partial charge on any atom is -0.297 e. The molecule has 0 spiro atoms. The van der Waals surface area contributed by atoms with Gasteiger partial charge in [0, 0.05) is 30.1 Å². The maximum atomic E-state index is 13.0. The van der Waals surface area contributed by atoms with E-state index in [9.17, 15) is 4.39 Å². The van der Waals surface area contributed by atoms with Crippen LogP contribution in [0, 0.1) is 5.82 Å². The predicted molar refractivity (Wildman–Crippen MR) is 85.3 cm³/mol. The number of aromatic nitrogens is 4. The highest BCUT2D eigenvalue weighted by Crippen LogP contribution is 2.27. The van der Waals surface area contributed by atoms with Crippen LogP contribution in [0.15, 0.2) is 36.7 Å². The molecular formula is C17H18FN5. The zero-order chi connectivity index (χ0) is 15.6. The molecule has 0 aromatic carbocycles. The van der Waals surface area contributed by atoms with Crippen LogP contribution in [-0.2, 0) is 6.54 Å². The number of pyridine rings is 2. The number of H-pyrrole nitrogens is 1. The number of fused-ring (bicyclic) bond motifs is 1. The van der Waals surface area contributed by atoms with Crippen molar-refractivity contribution in [3.05, 3.63) is 53.9 Å². The number of rotatable bonds is 3. The molecule has 3 aromatic heterocycles. The van der Waals surface area contributed by atoms with Crippen LogP contribution >= 0.6 is 0 Å². The summed E-state index contributed by atoms with van der Waals surface area (Å²) >= 11 is 0. The summed E-state index contributed by atoms with van der Waals surface area (Å²) in [5, 5.41) is 8.00. The largest absolute Gasteiger partial charge is 0.297 e. The Kier molecular flexibility index (Phi) is 3.75. The number of hydrogen-bond donors (Lipinski definition) is 1. The Morgan fingerprint density at radius 1 is 1.22 bits per heavy atom. The molecule has 0 saturated carbocycles. The third-order valence-electron chi connectivity index (χ3n) is 4.42. The Labute approximate surface area is 133 Å². The molecule has 1 fully saturated rings. The predicted octanol–water partition coefficient (Wildman–Crippen LogP) is 2.87. The van der Waals surface area contributed by atoms with E-state index in [1.165, 1.54) is 12.3 Å². The monoisotopic (exact) mass is 311 g/mol. The van der Waals surface area contributed by atoms with Crippen molar-refractivity contribution in [1.82, 2.24) is 25.1 Å². The first-order valence-electron chi connectivity index (χ1n) is 7.91. The van der Waals surface area contributed by atoms with E-state index in [1.807, 2.05) is 0 Å². The Morgan fingerprint density at radius 3 is 3.04 bits per heavy atom. The molecule has 23 heavy (non-hydrogen) atoms. The number of likely N-dealkylation sites (tertiary alicyclic amines) is 1. The van der Waals surface area contributed by atoms with Crippen LogP contribution < -0.4 is 0 Å². The molecule has 0 unspecified atom stereocenters. The second kappa shape index (κ2) is 6.04. The van der Waals surface area contributed by atoms with E-state index in [0.29, 0.717) is 5.92 Å². The van der Waals surface area contributed by atoms with Crippen molar-refractivity contribution in [1.29, 1.82) is 0 Å². The van der Waals surface area contributed by atoms with E-state index >= 15 is 0 Å². The first kappa shape index (κ1) is 14.3. The van der Waals surface area contributed by atoms with Gasteiger partial charge in [-0.05, 0) is 43.7 Å². The molecule has 1 saturated heterocycles. The van der Waals surface area contributed by atoms with Gasteiger partial charge in [-0.3, -0.25) is 15.0 Å². The summed E-state index contributed by atoms with van der Waals surface area (Å²) in [7, 11) is 0. The van der Waals surface area contributed by atoms with E-state index in [0.717, 1.165) is 54.9 Å². The van der Waals surface area contributed by atoms with Crippen molar-refractivity contribution in [3.8, 4) is 0 Å². The Morgan fingerprint density at radius 2 is 2.17 bits per heavy atom. The average molecular weight is 311 g/mol. The molecule has 4 heterocycles. The van der Waals surface area contributed by atoms with Crippen molar-refractivity contribution in [3.63, 3.8) is 0 Å². The third kappa shape index (κ3) is 3.07. The molecule has 6 heteroatoms. The van der Waals surface area contributed by atoms with Crippen LogP contribution in [0.25, 0.3) is 11.0 Å². The van der Waals surface area contributed by atoms with E-state index in [2.05, 4.69) is 32.2 Å². The van der Waals surface area contributed by atoms with Gasteiger partial charge in [0.2, 0.25) is 0 Å². The van der Waals surface area contributed by atoms with Gasteiger partial charge in [0.15, 0.2) is 5.65 Å². The molecule has 1 N–H and O–H groups in total. The molecule has 1 atom stereocenters. The van der Waals surface area contributed by atoms with E-state index in [4.69, 9.17) is 4.98 Å². The fourth-order valence-corrected chi connectivity index (χ4v) is 3.24. The van der Waals surface area contributed by atoms with Crippen molar-refractivity contribution < 1.29 is 4.39 Å². The van der Waals surface area contributed by atoms with Crippen LogP contribution in [0.3, 0.4) is 0 Å². The standard InChI is InChI=1S/C17H18FN5/c18-14-4-5-15(19-9-14)11-23-7-1-2-13(10-23)16-6-3-12-8-20-22-17(12)21-16/h3-6,8-9,13H,1-2,7,10-11H2,(H,20,21,22)/t13-/m0/s1. The summed E-state index contributed by atoms with van der Waals surface area (Å²) in [5.41, 5.74) is 2.86. The Bertz CT molecular complexity index is 798. The number of aromatic amines is 1. The zero-order valence-corrected chi connectivity index (χ0v) is 12.7. The molecule has 3 aromatic rings. The first-order chi connectivity index (χ1) is 11.3. The number of nitrogens with zero attached hydrogens (tertiary/aromatic N) is 4. The molecule has 0 aliphatic carbocycles. The van der Waals surface area contributed by atoms with Gasteiger partial charge in [-0.25, -0.2) is 9.37 Å². The maximum absolute atomic E-state index is 13.0. The van der Waals surface area contributed by atoms with Crippen LogP contribution in [0.5, 0.6) is 0 Å². The third-order valence-corrected chi connectivity index (χ3v) is 4.42. The molecule has 0 radical (unpaired) electrons.